The van der Waals surface area contributed by atoms with E-state index in [1.807, 2.05) is 6.92 Å². The summed E-state index contributed by atoms with van der Waals surface area (Å²) < 4.78 is 5.77. The molecule has 0 radical (unpaired) electrons. The average Bonchev–Trinajstić information content (AvgIpc) is 2.62. The van der Waals surface area contributed by atoms with Gasteiger partial charge in [-0.2, -0.15) is 0 Å². The fourth-order valence-electron chi connectivity index (χ4n) is 0.924. The van der Waals surface area contributed by atoms with Gasteiger partial charge in [0.2, 0.25) is 0 Å². The van der Waals surface area contributed by atoms with E-state index in [2.05, 4.69) is 10.3 Å². The Hall–Kier alpha value is -1.92. The lowest BCUT2D eigenvalue weighted by Gasteiger charge is -2.03. The van der Waals surface area contributed by atoms with Crippen LogP contribution in [0.15, 0.2) is 6.20 Å². The fourth-order valence-corrected chi connectivity index (χ4v) is 0.924. The van der Waals surface area contributed by atoms with Crippen LogP contribution in [0.1, 0.15) is 23.8 Å². The van der Waals surface area contributed by atoms with Gasteiger partial charge in [0.25, 0.3) is 0 Å². The summed E-state index contributed by atoms with van der Waals surface area (Å²) in [4.78, 5) is 21.8. The van der Waals surface area contributed by atoms with E-state index in [0.29, 0.717) is 6.61 Å². The third kappa shape index (κ3) is 3.04. The average molecular weight is 213 g/mol. The molecule has 7 heteroatoms. The van der Waals surface area contributed by atoms with E-state index < -0.39 is 11.9 Å². The first-order chi connectivity index (χ1) is 7.15. The van der Waals surface area contributed by atoms with Gasteiger partial charge >= 0.3 is 11.9 Å². The molecule has 0 aliphatic heterocycles. The highest BCUT2D eigenvalue weighted by molar-refractivity contribution is 5.85. The minimum absolute atomic E-state index is 0.136. The van der Waals surface area contributed by atoms with Crippen LogP contribution in [0.4, 0.5) is 0 Å². The lowest BCUT2D eigenvalue weighted by Crippen LogP contribution is -2.18. The number of rotatable bonds is 5. The van der Waals surface area contributed by atoms with Crippen LogP contribution in [-0.4, -0.2) is 38.6 Å². The van der Waals surface area contributed by atoms with Crippen molar-refractivity contribution in [2.45, 2.75) is 19.9 Å². The highest BCUT2D eigenvalue weighted by Crippen LogP contribution is 1.97. The molecule has 0 saturated carbocycles. The summed E-state index contributed by atoms with van der Waals surface area (Å²) in [5, 5.41) is 15.6. The van der Waals surface area contributed by atoms with Crippen molar-refractivity contribution < 1.29 is 19.4 Å². The Kier molecular flexibility index (Phi) is 3.78. The maximum atomic E-state index is 11.1. The zero-order valence-electron chi connectivity index (χ0n) is 8.21. The molecule has 0 aliphatic rings. The predicted octanol–water partition coefficient (Wildman–Crippen LogP) is -0.0705. The van der Waals surface area contributed by atoms with Crippen LogP contribution in [-0.2, 0) is 16.1 Å². The van der Waals surface area contributed by atoms with E-state index >= 15 is 0 Å². The Morgan fingerprint density at radius 1 is 1.60 bits per heavy atom. The Morgan fingerprint density at radius 3 is 2.93 bits per heavy atom. The van der Waals surface area contributed by atoms with Crippen LogP contribution in [0.3, 0.4) is 0 Å². The van der Waals surface area contributed by atoms with E-state index in [-0.39, 0.29) is 12.2 Å². The Balaban J connectivity index is 2.60. The zero-order chi connectivity index (χ0) is 11.3. The van der Waals surface area contributed by atoms with Crippen LogP contribution < -0.4 is 0 Å². The molecule has 0 aliphatic carbocycles. The Labute approximate surface area is 85.6 Å². The lowest BCUT2D eigenvalue weighted by atomic mass is 10.4. The van der Waals surface area contributed by atoms with Gasteiger partial charge in [0.1, 0.15) is 6.54 Å². The number of aromatic nitrogens is 3. The third-order valence-corrected chi connectivity index (χ3v) is 1.58. The van der Waals surface area contributed by atoms with Crippen molar-refractivity contribution in [1.82, 2.24) is 15.0 Å². The second kappa shape index (κ2) is 5.08. The van der Waals surface area contributed by atoms with Crippen LogP contribution >= 0.6 is 0 Å². The van der Waals surface area contributed by atoms with Crippen molar-refractivity contribution in [3.8, 4) is 0 Å². The number of carbonyl (C=O) groups is 2. The van der Waals surface area contributed by atoms with Crippen molar-refractivity contribution >= 4 is 11.9 Å². The van der Waals surface area contributed by atoms with Gasteiger partial charge in [-0.25, -0.2) is 9.48 Å². The van der Waals surface area contributed by atoms with Crippen LogP contribution in [0.25, 0.3) is 0 Å². The molecular formula is C8H11N3O4. The van der Waals surface area contributed by atoms with Crippen LogP contribution in [0, 0.1) is 0 Å². The van der Waals surface area contributed by atoms with Crippen molar-refractivity contribution in [1.29, 1.82) is 0 Å². The number of nitrogens with zero attached hydrogens (tertiary/aromatic N) is 3. The van der Waals surface area contributed by atoms with Crippen molar-refractivity contribution in [2.24, 2.45) is 0 Å². The molecule has 82 valence electrons. The lowest BCUT2D eigenvalue weighted by molar-refractivity contribution is -0.144. The van der Waals surface area contributed by atoms with Gasteiger partial charge in [-0.05, 0) is 6.42 Å². The fraction of sp³-hybridized carbons (Fsp3) is 0.500. The van der Waals surface area contributed by atoms with Crippen molar-refractivity contribution in [3.05, 3.63) is 11.9 Å². The number of carbonyl (C=O) groups excluding carboxylic acids is 1. The zero-order valence-corrected chi connectivity index (χ0v) is 8.21. The van der Waals surface area contributed by atoms with Crippen molar-refractivity contribution in [2.75, 3.05) is 6.61 Å². The first-order valence-electron chi connectivity index (χ1n) is 4.42. The van der Waals surface area contributed by atoms with Gasteiger partial charge in [-0.15, -0.1) is 5.10 Å². The number of carboxylic acids is 1. The van der Waals surface area contributed by atoms with Gasteiger partial charge in [-0.1, -0.05) is 12.1 Å². The maximum absolute atomic E-state index is 11.1. The molecule has 0 unspecified atom stereocenters. The molecule has 1 aromatic rings. The topological polar surface area (TPSA) is 94.3 Å². The quantitative estimate of drug-likeness (QED) is 0.688. The number of hydrogen-bond acceptors (Lipinski definition) is 5. The second-order valence-corrected chi connectivity index (χ2v) is 2.80. The monoisotopic (exact) mass is 213 g/mol. The summed E-state index contributed by atoms with van der Waals surface area (Å²) in [6, 6.07) is 0. The molecule has 15 heavy (non-hydrogen) atoms. The molecular weight excluding hydrogens is 202 g/mol. The molecule has 0 amide bonds. The number of ether oxygens (including phenoxy) is 1. The van der Waals surface area contributed by atoms with Crippen LogP contribution in [0.2, 0.25) is 0 Å². The number of hydrogen-bond donors (Lipinski definition) is 1. The smallest absolute Gasteiger partial charge is 0.355 e. The molecule has 1 aromatic heterocycles. The van der Waals surface area contributed by atoms with Crippen molar-refractivity contribution in [3.63, 3.8) is 0 Å². The van der Waals surface area contributed by atoms with E-state index in [1.165, 1.54) is 0 Å². The maximum Gasteiger partial charge on any atom is 0.355 e. The first-order valence-corrected chi connectivity index (χ1v) is 4.42. The van der Waals surface area contributed by atoms with E-state index in [9.17, 15) is 9.59 Å². The molecule has 1 rings (SSSR count). The normalized spacial score (nSPS) is 9.93. The summed E-state index contributed by atoms with van der Waals surface area (Å²) in [7, 11) is 0. The molecule has 0 bridgehead atoms. The minimum atomic E-state index is -1.18. The predicted molar refractivity (Wildman–Crippen MR) is 48.2 cm³/mol. The number of esters is 1. The van der Waals surface area contributed by atoms with Gasteiger partial charge < -0.3 is 9.84 Å². The molecule has 7 nitrogen and oxygen atoms in total. The largest absolute Gasteiger partial charge is 0.476 e. The third-order valence-electron chi connectivity index (χ3n) is 1.58. The van der Waals surface area contributed by atoms with Gasteiger partial charge in [0.05, 0.1) is 12.8 Å². The Bertz CT molecular complexity index is 361. The Morgan fingerprint density at radius 2 is 2.33 bits per heavy atom. The number of aromatic carboxylic acids is 1. The molecule has 0 saturated heterocycles. The van der Waals surface area contributed by atoms with E-state index in [4.69, 9.17) is 9.84 Å². The molecule has 0 aromatic carbocycles. The summed E-state index contributed by atoms with van der Waals surface area (Å²) in [5.41, 5.74) is -0.136. The summed E-state index contributed by atoms with van der Waals surface area (Å²) in [5.74, 6) is -1.70. The van der Waals surface area contributed by atoms with Crippen LogP contribution in [0.5, 0.6) is 0 Å². The highest BCUT2D eigenvalue weighted by atomic mass is 16.5. The van der Waals surface area contributed by atoms with E-state index in [1.54, 1.807) is 0 Å². The minimum Gasteiger partial charge on any atom is -0.476 e. The highest BCUT2D eigenvalue weighted by Gasteiger charge is 2.14. The second-order valence-electron chi connectivity index (χ2n) is 2.80. The summed E-state index contributed by atoms with van der Waals surface area (Å²) in [6.45, 7) is 1.95. The molecule has 0 atom stereocenters. The van der Waals surface area contributed by atoms with Gasteiger partial charge in [0.15, 0.2) is 5.69 Å². The van der Waals surface area contributed by atoms with Gasteiger partial charge in [0, 0.05) is 0 Å². The molecule has 0 spiro atoms. The molecule has 1 N–H and O–H groups in total. The SMILES string of the molecule is CCCOC(=O)Cn1nncc1C(=O)O. The standard InChI is InChI=1S/C8H11N3O4/c1-2-3-15-7(12)5-11-6(8(13)14)4-9-10-11/h4H,2-3,5H2,1H3,(H,13,14). The molecule has 0 fully saturated rings. The van der Waals surface area contributed by atoms with E-state index in [0.717, 1.165) is 17.3 Å². The number of carboxylic acid groups (broad SMARTS) is 1. The molecule has 1 heterocycles. The van der Waals surface area contributed by atoms with Gasteiger partial charge in [-0.3, -0.25) is 4.79 Å². The summed E-state index contributed by atoms with van der Waals surface area (Å²) >= 11 is 0. The summed E-state index contributed by atoms with van der Waals surface area (Å²) in [6.07, 6.45) is 1.80. The first kappa shape index (κ1) is 11.2.